The molecule has 0 spiro atoms. The van der Waals surface area contributed by atoms with Crippen molar-refractivity contribution >= 4 is 18.0 Å². The maximum Gasteiger partial charge on any atom is 0.331 e. The highest BCUT2D eigenvalue weighted by Crippen LogP contribution is 2.34. The zero-order valence-corrected chi connectivity index (χ0v) is 19.7. The van der Waals surface area contributed by atoms with Gasteiger partial charge in [0.1, 0.15) is 6.07 Å². The van der Waals surface area contributed by atoms with Crippen molar-refractivity contribution in [3.8, 4) is 17.6 Å². The number of nitrogens with zero attached hydrogens (tertiary/aromatic N) is 2. The molecule has 34 heavy (non-hydrogen) atoms. The normalized spacial score (nSPS) is 18.1. The minimum atomic E-state index is -0.612. The van der Waals surface area contributed by atoms with E-state index < -0.39 is 5.97 Å². The predicted molar refractivity (Wildman–Crippen MR) is 125 cm³/mol. The van der Waals surface area contributed by atoms with Crippen LogP contribution in [0, 0.1) is 11.3 Å². The summed E-state index contributed by atoms with van der Waals surface area (Å²) in [6, 6.07) is 6.96. The Bertz CT molecular complexity index is 898. The number of methoxy groups -OCH3 is 1. The van der Waals surface area contributed by atoms with Gasteiger partial charge in [-0.3, -0.25) is 9.69 Å². The maximum atomic E-state index is 12.4. The number of ether oxygens (including phenoxy) is 4. The molecule has 1 heterocycles. The lowest BCUT2D eigenvalue weighted by molar-refractivity contribution is -0.144. The highest BCUT2D eigenvalue weighted by atomic mass is 16.5. The number of nitriles is 1. The molecule has 9 nitrogen and oxygen atoms in total. The third-order valence-corrected chi connectivity index (χ3v) is 6.32. The van der Waals surface area contributed by atoms with E-state index in [1.54, 1.807) is 24.3 Å². The molecule has 3 rings (SSSR count). The summed E-state index contributed by atoms with van der Waals surface area (Å²) < 4.78 is 21.1. The van der Waals surface area contributed by atoms with Crippen LogP contribution in [0.1, 0.15) is 37.7 Å². The first-order valence-corrected chi connectivity index (χ1v) is 11.7. The second-order valence-electron chi connectivity index (χ2n) is 8.46. The Morgan fingerprint density at radius 3 is 2.68 bits per heavy atom. The van der Waals surface area contributed by atoms with E-state index in [2.05, 4.69) is 10.2 Å². The molecule has 1 amide bonds. The Labute approximate surface area is 200 Å². The molecule has 1 N–H and O–H groups in total. The zero-order valence-electron chi connectivity index (χ0n) is 19.7. The number of benzene rings is 1. The van der Waals surface area contributed by atoms with Gasteiger partial charge in [-0.25, -0.2) is 4.79 Å². The van der Waals surface area contributed by atoms with Crippen LogP contribution in [-0.2, 0) is 19.1 Å². The largest absolute Gasteiger partial charge is 0.493 e. The van der Waals surface area contributed by atoms with E-state index in [0.717, 1.165) is 52.0 Å². The van der Waals surface area contributed by atoms with Gasteiger partial charge in [-0.2, -0.15) is 5.26 Å². The van der Waals surface area contributed by atoms with Crippen LogP contribution in [0.3, 0.4) is 0 Å². The Kier molecular flexibility index (Phi) is 9.74. The zero-order chi connectivity index (χ0) is 24.2. The third kappa shape index (κ3) is 7.20. The number of carbonyl (C=O) groups is 2. The molecule has 0 bridgehead atoms. The van der Waals surface area contributed by atoms with Crippen LogP contribution in [-0.4, -0.2) is 75.5 Å². The Morgan fingerprint density at radius 1 is 1.21 bits per heavy atom. The highest BCUT2D eigenvalue weighted by molar-refractivity contribution is 5.89. The van der Waals surface area contributed by atoms with Gasteiger partial charge in [0, 0.05) is 31.2 Å². The van der Waals surface area contributed by atoms with Crippen LogP contribution in [0.4, 0.5) is 0 Å². The van der Waals surface area contributed by atoms with Gasteiger partial charge in [-0.05, 0) is 36.6 Å². The summed E-state index contributed by atoms with van der Waals surface area (Å²) in [5, 5.41) is 11.6. The minimum Gasteiger partial charge on any atom is -0.493 e. The molecule has 0 atom stereocenters. The highest BCUT2D eigenvalue weighted by Gasteiger charge is 2.38. The SMILES string of the molecule is COc1cc(/C=C/C(=O)OCC(=O)NCC2(N3CCOCC3)CCCCC2)ccc1OCC#N. The fourth-order valence-corrected chi connectivity index (χ4v) is 4.53. The first-order valence-electron chi connectivity index (χ1n) is 11.7. The Hall–Kier alpha value is -3.09. The smallest absolute Gasteiger partial charge is 0.331 e. The predicted octanol–water partition coefficient (Wildman–Crippen LogP) is 2.31. The number of esters is 1. The van der Waals surface area contributed by atoms with E-state index in [-0.39, 0.29) is 24.7 Å². The number of hydrogen-bond donors (Lipinski definition) is 1. The van der Waals surface area contributed by atoms with Crippen LogP contribution in [0.25, 0.3) is 6.08 Å². The fraction of sp³-hybridized carbons (Fsp3) is 0.560. The van der Waals surface area contributed by atoms with Crippen LogP contribution < -0.4 is 14.8 Å². The van der Waals surface area contributed by atoms with Gasteiger partial charge in [-0.1, -0.05) is 25.3 Å². The number of morpholine rings is 1. The molecule has 1 saturated carbocycles. The third-order valence-electron chi connectivity index (χ3n) is 6.32. The summed E-state index contributed by atoms with van der Waals surface area (Å²) in [5.41, 5.74) is 0.649. The van der Waals surface area contributed by atoms with Gasteiger partial charge >= 0.3 is 5.97 Å². The molecular formula is C25H33N3O6. The number of hydrogen-bond acceptors (Lipinski definition) is 8. The molecule has 0 unspecified atom stereocenters. The summed E-state index contributed by atoms with van der Waals surface area (Å²) in [6.07, 6.45) is 8.47. The average molecular weight is 472 g/mol. The first-order chi connectivity index (χ1) is 16.6. The molecule has 184 valence electrons. The van der Waals surface area contributed by atoms with Crippen molar-refractivity contribution in [1.82, 2.24) is 10.2 Å². The van der Waals surface area contributed by atoms with Crippen molar-refractivity contribution < 1.29 is 28.5 Å². The second-order valence-corrected chi connectivity index (χ2v) is 8.46. The summed E-state index contributed by atoms with van der Waals surface area (Å²) in [7, 11) is 1.49. The Morgan fingerprint density at radius 2 is 1.97 bits per heavy atom. The molecular weight excluding hydrogens is 438 g/mol. The van der Waals surface area contributed by atoms with E-state index in [0.29, 0.717) is 23.6 Å². The number of amides is 1. The van der Waals surface area contributed by atoms with Crippen molar-refractivity contribution in [2.75, 3.05) is 53.2 Å². The number of carbonyl (C=O) groups excluding carboxylic acids is 2. The fourth-order valence-electron chi connectivity index (χ4n) is 4.53. The minimum absolute atomic E-state index is 0.0379. The van der Waals surface area contributed by atoms with Crippen molar-refractivity contribution in [2.45, 2.75) is 37.6 Å². The van der Waals surface area contributed by atoms with Crippen LogP contribution >= 0.6 is 0 Å². The van der Waals surface area contributed by atoms with Gasteiger partial charge in [0.05, 0.1) is 20.3 Å². The topological polar surface area (TPSA) is 110 Å². The van der Waals surface area contributed by atoms with Gasteiger partial charge in [0.25, 0.3) is 5.91 Å². The quantitative estimate of drug-likeness (QED) is 0.409. The molecule has 1 aliphatic heterocycles. The maximum absolute atomic E-state index is 12.4. The van der Waals surface area contributed by atoms with E-state index >= 15 is 0 Å². The summed E-state index contributed by atoms with van der Waals surface area (Å²) in [6.45, 7) is 3.35. The lowest BCUT2D eigenvalue weighted by Crippen LogP contribution is -2.59. The summed E-state index contributed by atoms with van der Waals surface area (Å²) in [4.78, 5) is 26.9. The van der Waals surface area contributed by atoms with Gasteiger partial charge in [0.2, 0.25) is 0 Å². The van der Waals surface area contributed by atoms with Crippen LogP contribution in [0.15, 0.2) is 24.3 Å². The molecule has 1 aliphatic carbocycles. The van der Waals surface area contributed by atoms with Gasteiger partial charge in [0.15, 0.2) is 24.7 Å². The molecule has 0 radical (unpaired) electrons. The van der Waals surface area contributed by atoms with E-state index in [4.69, 9.17) is 24.2 Å². The molecule has 1 aromatic rings. The molecule has 0 aromatic heterocycles. The van der Waals surface area contributed by atoms with E-state index in [9.17, 15) is 9.59 Å². The van der Waals surface area contributed by atoms with Crippen molar-refractivity contribution in [3.05, 3.63) is 29.8 Å². The number of nitrogens with one attached hydrogen (secondary N) is 1. The number of rotatable bonds is 10. The van der Waals surface area contributed by atoms with E-state index in [1.165, 1.54) is 19.6 Å². The molecule has 2 aliphatic rings. The van der Waals surface area contributed by atoms with Gasteiger partial charge in [-0.15, -0.1) is 0 Å². The standard InChI is InChI=1S/C25H33N3O6/c1-31-22-17-20(5-7-21(22)33-14-11-26)6-8-24(30)34-18-23(29)27-19-25(9-3-2-4-10-25)28-12-15-32-16-13-28/h5-8,17H,2-4,9-10,12-16,18-19H2,1H3,(H,27,29)/b8-6+. The Balaban J connectivity index is 1.47. The summed E-state index contributed by atoms with van der Waals surface area (Å²) >= 11 is 0. The molecule has 1 aromatic carbocycles. The van der Waals surface area contributed by atoms with Crippen molar-refractivity contribution in [3.63, 3.8) is 0 Å². The van der Waals surface area contributed by atoms with Crippen molar-refractivity contribution in [2.24, 2.45) is 0 Å². The molecule has 2 fully saturated rings. The summed E-state index contributed by atoms with van der Waals surface area (Å²) in [5.74, 6) is -0.0320. The molecule has 1 saturated heterocycles. The lowest BCUT2D eigenvalue weighted by Gasteiger charge is -2.48. The first kappa shape index (κ1) is 25.5. The second kappa shape index (κ2) is 13.0. The van der Waals surface area contributed by atoms with Gasteiger partial charge < -0.3 is 24.3 Å². The average Bonchev–Trinajstić information content (AvgIpc) is 2.89. The van der Waals surface area contributed by atoms with Crippen LogP contribution in [0.5, 0.6) is 11.5 Å². The van der Waals surface area contributed by atoms with E-state index in [1.807, 2.05) is 6.07 Å². The lowest BCUT2D eigenvalue weighted by atomic mass is 9.79. The van der Waals surface area contributed by atoms with Crippen molar-refractivity contribution in [1.29, 1.82) is 5.26 Å². The molecule has 9 heteroatoms. The monoisotopic (exact) mass is 471 g/mol. The van der Waals surface area contributed by atoms with Crippen LogP contribution in [0.2, 0.25) is 0 Å².